The molecule has 0 atom stereocenters. The Morgan fingerprint density at radius 2 is 2.00 bits per heavy atom. The van der Waals surface area contributed by atoms with Crippen LogP contribution in [0, 0.1) is 6.92 Å². The summed E-state index contributed by atoms with van der Waals surface area (Å²) < 4.78 is 0. The maximum Gasteiger partial charge on any atom is 0.236 e. The van der Waals surface area contributed by atoms with Gasteiger partial charge in [0.2, 0.25) is 5.91 Å². The summed E-state index contributed by atoms with van der Waals surface area (Å²) in [6.07, 6.45) is 0. The van der Waals surface area contributed by atoms with Crippen molar-refractivity contribution < 1.29 is 4.79 Å². The lowest BCUT2D eigenvalue weighted by Crippen LogP contribution is -2.22. The molecule has 0 saturated heterocycles. The molecule has 0 fully saturated rings. The second-order valence-corrected chi connectivity index (χ2v) is 5.10. The van der Waals surface area contributed by atoms with Crippen molar-refractivity contribution >= 4 is 11.6 Å². The number of carbonyl (C=O) groups excluding carboxylic acids is 1. The molecule has 1 amide bonds. The minimum atomic E-state index is -0.348. The van der Waals surface area contributed by atoms with E-state index in [1.54, 1.807) is 0 Å². The Balaban J connectivity index is 2.88. The Kier molecular flexibility index (Phi) is 3.58. The number of hydrogen-bond acceptors (Lipinski definition) is 2. The van der Waals surface area contributed by atoms with Crippen LogP contribution >= 0.6 is 0 Å². The molecule has 0 aliphatic rings. The zero-order valence-corrected chi connectivity index (χ0v) is 10.4. The maximum atomic E-state index is 10.7. The monoisotopic (exact) mass is 220 g/mol. The molecule has 1 aromatic carbocycles. The van der Waals surface area contributed by atoms with Crippen LogP contribution in [0.4, 0.5) is 5.69 Å². The SMILES string of the molecule is Cc1cc(C(C)(C)C)ccc1NCC(N)=O. The fourth-order valence-electron chi connectivity index (χ4n) is 1.51. The number of carbonyl (C=O) groups is 1. The highest BCUT2D eigenvalue weighted by Gasteiger charge is 2.14. The number of amides is 1. The standard InChI is InChI=1S/C13H20N2O/c1-9-7-10(13(2,3)4)5-6-11(9)15-8-12(14)16/h5-7,15H,8H2,1-4H3,(H2,14,16). The van der Waals surface area contributed by atoms with Crippen molar-refractivity contribution in [1.29, 1.82) is 0 Å². The molecule has 16 heavy (non-hydrogen) atoms. The molecule has 0 bridgehead atoms. The average Bonchev–Trinajstić information content (AvgIpc) is 2.14. The van der Waals surface area contributed by atoms with Crippen LogP contribution in [-0.2, 0) is 10.2 Å². The van der Waals surface area contributed by atoms with E-state index in [1.807, 2.05) is 13.0 Å². The summed E-state index contributed by atoms with van der Waals surface area (Å²) in [4.78, 5) is 10.7. The first-order chi connectivity index (χ1) is 7.30. The average molecular weight is 220 g/mol. The van der Waals surface area contributed by atoms with Crippen LogP contribution in [0.3, 0.4) is 0 Å². The molecule has 0 saturated carbocycles. The topological polar surface area (TPSA) is 55.1 Å². The van der Waals surface area contributed by atoms with Crippen LogP contribution < -0.4 is 11.1 Å². The molecule has 0 aliphatic heterocycles. The molecule has 3 N–H and O–H groups in total. The Morgan fingerprint density at radius 3 is 2.44 bits per heavy atom. The van der Waals surface area contributed by atoms with E-state index in [-0.39, 0.29) is 17.9 Å². The minimum absolute atomic E-state index is 0.146. The van der Waals surface area contributed by atoms with Gasteiger partial charge in [0.05, 0.1) is 6.54 Å². The van der Waals surface area contributed by atoms with Crippen molar-refractivity contribution in [3.8, 4) is 0 Å². The smallest absolute Gasteiger partial charge is 0.236 e. The third-order valence-electron chi connectivity index (χ3n) is 2.55. The summed E-state index contributed by atoms with van der Waals surface area (Å²) in [6.45, 7) is 8.74. The quantitative estimate of drug-likeness (QED) is 0.820. The van der Waals surface area contributed by atoms with Gasteiger partial charge in [-0.1, -0.05) is 32.9 Å². The summed E-state index contributed by atoms with van der Waals surface area (Å²) in [7, 11) is 0. The second-order valence-electron chi connectivity index (χ2n) is 5.10. The van der Waals surface area contributed by atoms with Crippen molar-refractivity contribution in [1.82, 2.24) is 0 Å². The maximum absolute atomic E-state index is 10.7. The van der Waals surface area contributed by atoms with Gasteiger partial charge in [0.25, 0.3) is 0 Å². The molecular formula is C13H20N2O. The van der Waals surface area contributed by atoms with E-state index in [9.17, 15) is 4.79 Å². The summed E-state index contributed by atoms with van der Waals surface area (Å²) in [5.41, 5.74) is 8.62. The van der Waals surface area contributed by atoms with E-state index in [4.69, 9.17) is 5.73 Å². The molecule has 0 spiro atoms. The number of rotatable bonds is 3. The fraction of sp³-hybridized carbons (Fsp3) is 0.462. The summed E-state index contributed by atoms with van der Waals surface area (Å²) in [5.74, 6) is -0.348. The van der Waals surface area contributed by atoms with E-state index in [2.05, 4.69) is 38.2 Å². The third-order valence-corrected chi connectivity index (χ3v) is 2.55. The molecule has 1 aromatic rings. The number of nitrogens with one attached hydrogen (secondary N) is 1. The largest absolute Gasteiger partial charge is 0.376 e. The first-order valence-electron chi connectivity index (χ1n) is 5.44. The van der Waals surface area contributed by atoms with Gasteiger partial charge < -0.3 is 11.1 Å². The number of benzene rings is 1. The Bertz CT molecular complexity index is 391. The molecule has 0 radical (unpaired) electrons. The van der Waals surface area contributed by atoms with Crippen LogP contribution in [0.5, 0.6) is 0 Å². The van der Waals surface area contributed by atoms with Crippen molar-refractivity contribution in [2.75, 3.05) is 11.9 Å². The van der Waals surface area contributed by atoms with Gasteiger partial charge in [-0.25, -0.2) is 0 Å². The molecule has 0 aliphatic carbocycles. The van der Waals surface area contributed by atoms with Crippen molar-refractivity contribution in [3.05, 3.63) is 29.3 Å². The molecule has 3 nitrogen and oxygen atoms in total. The van der Waals surface area contributed by atoms with Gasteiger partial charge in [-0.15, -0.1) is 0 Å². The van der Waals surface area contributed by atoms with E-state index in [1.165, 1.54) is 5.56 Å². The second kappa shape index (κ2) is 4.56. The van der Waals surface area contributed by atoms with Crippen LogP contribution in [-0.4, -0.2) is 12.5 Å². The summed E-state index contributed by atoms with van der Waals surface area (Å²) >= 11 is 0. The molecule has 3 heteroatoms. The number of anilines is 1. The third kappa shape index (κ3) is 3.26. The van der Waals surface area contributed by atoms with Crippen molar-refractivity contribution in [2.24, 2.45) is 5.73 Å². The molecule has 0 heterocycles. The van der Waals surface area contributed by atoms with Crippen LogP contribution in [0.15, 0.2) is 18.2 Å². The highest BCUT2D eigenvalue weighted by Crippen LogP contribution is 2.26. The predicted octanol–water partition coefficient (Wildman–Crippen LogP) is 2.19. The Labute approximate surface area is 97.0 Å². The van der Waals surface area contributed by atoms with Crippen molar-refractivity contribution in [3.63, 3.8) is 0 Å². The van der Waals surface area contributed by atoms with Crippen molar-refractivity contribution in [2.45, 2.75) is 33.1 Å². The van der Waals surface area contributed by atoms with Gasteiger partial charge in [-0.3, -0.25) is 4.79 Å². The van der Waals surface area contributed by atoms with Crippen LogP contribution in [0.2, 0.25) is 0 Å². The van der Waals surface area contributed by atoms with Gasteiger partial charge >= 0.3 is 0 Å². The number of hydrogen-bond donors (Lipinski definition) is 2. The van der Waals surface area contributed by atoms with Crippen LogP contribution in [0.25, 0.3) is 0 Å². The number of primary amides is 1. The Hall–Kier alpha value is -1.51. The first kappa shape index (κ1) is 12.6. The number of nitrogens with two attached hydrogens (primary N) is 1. The van der Waals surface area contributed by atoms with Gasteiger partial charge in [0.1, 0.15) is 0 Å². The van der Waals surface area contributed by atoms with Gasteiger partial charge in [0.15, 0.2) is 0 Å². The molecule has 1 rings (SSSR count). The Morgan fingerprint density at radius 1 is 1.38 bits per heavy atom. The number of aryl methyl sites for hydroxylation is 1. The van der Waals surface area contributed by atoms with Gasteiger partial charge in [-0.2, -0.15) is 0 Å². The highest BCUT2D eigenvalue weighted by molar-refractivity contribution is 5.79. The minimum Gasteiger partial charge on any atom is -0.376 e. The lowest BCUT2D eigenvalue weighted by Gasteiger charge is -2.20. The first-order valence-corrected chi connectivity index (χ1v) is 5.44. The van der Waals surface area contributed by atoms with E-state index >= 15 is 0 Å². The van der Waals surface area contributed by atoms with Gasteiger partial charge in [0, 0.05) is 5.69 Å². The normalized spacial score (nSPS) is 11.2. The molecule has 88 valence electrons. The summed E-state index contributed by atoms with van der Waals surface area (Å²) in [6, 6.07) is 6.22. The van der Waals surface area contributed by atoms with Crippen LogP contribution in [0.1, 0.15) is 31.9 Å². The van der Waals surface area contributed by atoms with E-state index < -0.39 is 0 Å². The van der Waals surface area contributed by atoms with E-state index in [0.29, 0.717) is 0 Å². The highest BCUT2D eigenvalue weighted by atomic mass is 16.1. The van der Waals surface area contributed by atoms with E-state index in [0.717, 1.165) is 11.3 Å². The molecule has 0 unspecified atom stereocenters. The molecular weight excluding hydrogens is 200 g/mol. The lowest BCUT2D eigenvalue weighted by molar-refractivity contribution is -0.116. The zero-order valence-electron chi connectivity index (χ0n) is 10.4. The summed E-state index contributed by atoms with van der Waals surface area (Å²) in [5, 5.41) is 3.02. The predicted molar refractivity (Wildman–Crippen MR) is 67.6 cm³/mol. The van der Waals surface area contributed by atoms with Gasteiger partial charge in [-0.05, 0) is 29.5 Å². The lowest BCUT2D eigenvalue weighted by atomic mass is 9.86. The fourth-order valence-corrected chi connectivity index (χ4v) is 1.51. The zero-order chi connectivity index (χ0) is 12.3. The molecule has 0 aromatic heterocycles.